The first-order valence-electron chi connectivity index (χ1n) is 9.73. The molecule has 3 aromatic rings. The largest absolute Gasteiger partial charge is 0.417 e. The van der Waals surface area contributed by atoms with E-state index in [2.05, 4.69) is 15.1 Å². The Labute approximate surface area is 175 Å². The van der Waals surface area contributed by atoms with E-state index in [1.165, 1.54) is 11.3 Å². The highest BCUT2D eigenvalue weighted by atomic mass is 32.1. The molecule has 10 heteroatoms. The van der Waals surface area contributed by atoms with Crippen LogP contribution in [0.4, 0.5) is 13.2 Å². The van der Waals surface area contributed by atoms with Crippen LogP contribution in [0.25, 0.3) is 11.1 Å². The maximum absolute atomic E-state index is 13.9. The Morgan fingerprint density at radius 2 is 2.13 bits per heavy atom. The van der Waals surface area contributed by atoms with E-state index in [1.54, 1.807) is 31.2 Å². The number of piperidine rings is 1. The number of fused-ring (bicyclic) bond motifs is 1. The maximum atomic E-state index is 13.9. The molecule has 1 unspecified atom stereocenters. The van der Waals surface area contributed by atoms with E-state index in [1.807, 2.05) is 0 Å². The lowest BCUT2D eigenvalue weighted by atomic mass is 9.91. The van der Waals surface area contributed by atoms with Crippen molar-refractivity contribution in [1.29, 1.82) is 0 Å². The molecule has 0 N–H and O–H groups in total. The number of nitrogens with zero attached hydrogens (tertiary/aromatic N) is 4. The van der Waals surface area contributed by atoms with Crippen molar-refractivity contribution >= 4 is 28.3 Å². The molecule has 1 fully saturated rings. The number of hydrogen-bond acceptors (Lipinski definition) is 6. The quantitative estimate of drug-likeness (QED) is 0.566. The fraction of sp³-hybridized carbons (Fsp3) is 0.500. The second-order valence-corrected chi connectivity index (χ2v) is 8.71. The second kappa shape index (κ2) is 7.64. The van der Waals surface area contributed by atoms with Gasteiger partial charge in [-0.05, 0) is 31.7 Å². The van der Waals surface area contributed by atoms with Crippen LogP contribution in [0, 0.1) is 6.92 Å². The van der Waals surface area contributed by atoms with Crippen molar-refractivity contribution in [3.8, 4) is 0 Å². The van der Waals surface area contributed by atoms with Crippen molar-refractivity contribution in [3.63, 3.8) is 0 Å². The number of alkyl halides is 3. The van der Waals surface area contributed by atoms with Crippen molar-refractivity contribution in [2.75, 3.05) is 13.1 Å². The molecule has 1 aliphatic heterocycles. The van der Waals surface area contributed by atoms with E-state index in [9.17, 15) is 18.0 Å². The van der Waals surface area contributed by atoms with E-state index < -0.39 is 11.7 Å². The molecule has 4 rings (SSSR count). The summed E-state index contributed by atoms with van der Waals surface area (Å²) >= 11 is 1.27. The number of carbonyl (C=O) groups excluding carboxylic acids is 1. The Morgan fingerprint density at radius 3 is 2.77 bits per heavy atom. The van der Waals surface area contributed by atoms with E-state index >= 15 is 0 Å². The van der Waals surface area contributed by atoms with Gasteiger partial charge >= 0.3 is 6.18 Å². The molecular formula is C20H21F3N4O2S. The van der Waals surface area contributed by atoms with Crippen LogP contribution in [-0.2, 0) is 6.18 Å². The lowest BCUT2D eigenvalue weighted by Crippen LogP contribution is -2.39. The lowest BCUT2D eigenvalue weighted by Gasteiger charge is -2.32. The SMILES string of the molecule is Cc1ncsc1C(=O)N1CCCC(c2noc3nc(C(C)C)cc(C(F)(F)F)c23)C1. The van der Waals surface area contributed by atoms with Crippen LogP contribution in [0.15, 0.2) is 16.1 Å². The number of rotatable bonds is 3. The van der Waals surface area contributed by atoms with Gasteiger partial charge in [0.1, 0.15) is 4.88 Å². The minimum Gasteiger partial charge on any atom is -0.337 e. The monoisotopic (exact) mass is 438 g/mol. The zero-order valence-corrected chi connectivity index (χ0v) is 17.6. The first-order valence-corrected chi connectivity index (χ1v) is 10.6. The van der Waals surface area contributed by atoms with E-state index in [0.29, 0.717) is 35.7 Å². The first kappa shape index (κ1) is 20.8. The van der Waals surface area contributed by atoms with Crippen LogP contribution in [-0.4, -0.2) is 39.0 Å². The van der Waals surface area contributed by atoms with E-state index in [4.69, 9.17) is 4.52 Å². The molecule has 0 aromatic carbocycles. The summed E-state index contributed by atoms with van der Waals surface area (Å²) in [4.78, 5) is 23.5. The molecule has 0 saturated carbocycles. The second-order valence-electron chi connectivity index (χ2n) is 7.85. The first-order chi connectivity index (χ1) is 14.2. The fourth-order valence-corrected chi connectivity index (χ4v) is 4.60. The average Bonchev–Trinajstić information content (AvgIpc) is 3.32. The van der Waals surface area contributed by atoms with Crippen molar-refractivity contribution in [1.82, 2.24) is 20.0 Å². The van der Waals surface area contributed by atoms with Crippen molar-refractivity contribution in [3.05, 3.63) is 39.1 Å². The zero-order valence-electron chi connectivity index (χ0n) is 16.8. The highest BCUT2D eigenvalue weighted by Gasteiger charge is 2.38. The number of hydrogen-bond donors (Lipinski definition) is 0. The highest BCUT2D eigenvalue weighted by Crippen LogP contribution is 2.41. The Kier molecular flexibility index (Phi) is 5.29. The molecule has 1 aliphatic rings. The molecule has 3 aromatic heterocycles. The Balaban J connectivity index is 1.72. The van der Waals surface area contributed by atoms with Crippen LogP contribution in [0.2, 0.25) is 0 Å². The van der Waals surface area contributed by atoms with Gasteiger partial charge < -0.3 is 9.42 Å². The summed E-state index contributed by atoms with van der Waals surface area (Å²) in [6.45, 7) is 6.14. The molecule has 0 spiro atoms. The van der Waals surface area contributed by atoms with Crippen molar-refractivity contribution in [2.45, 2.75) is 51.6 Å². The summed E-state index contributed by atoms with van der Waals surface area (Å²) in [5.41, 5.74) is 1.91. The summed E-state index contributed by atoms with van der Waals surface area (Å²) in [5, 5.41) is 3.89. The Bertz CT molecular complexity index is 1090. The third-order valence-electron chi connectivity index (χ3n) is 5.42. The molecule has 6 nitrogen and oxygen atoms in total. The van der Waals surface area contributed by atoms with Gasteiger partial charge in [0.2, 0.25) is 0 Å². The average molecular weight is 438 g/mol. The number of thiazole rings is 1. The number of halogens is 3. The highest BCUT2D eigenvalue weighted by molar-refractivity contribution is 7.11. The third-order valence-corrected chi connectivity index (χ3v) is 6.34. The normalized spacial score (nSPS) is 17.8. The molecule has 4 heterocycles. The summed E-state index contributed by atoms with van der Waals surface area (Å²) in [7, 11) is 0. The number of aromatic nitrogens is 3. The van der Waals surface area contributed by atoms with Crippen LogP contribution < -0.4 is 0 Å². The van der Waals surface area contributed by atoms with Crippen LogP contribution in [0.5, 0.6) is 0 Å². The minimum absolute atomic E-state index is 0.0971. The molecular weight excluding hydrogens is 417 g/mol. The summed E-state index contributed by atoms with van der Waals surface area (Å²) in [6, 6.07) is 1.08. The molecule has 0 bridgehead atoms. The third kappa shape index (κ3) is 3.68. The molecule has 1 amide bonds. The van der Waals surface area contributed by atoms with Crippen LogP contribution >= 0.6 is 11.3 Å². The predicted molar refractivity (Wildman–Crippen MR) is 106 cm³/mol. The summed E-state index contributed by atoms with van der Waals surface area (Å²) in [5.74, 6) is -0.691. The van der Waals surface area contributed by atoms with Gasteiger partial charge in [-0.15, -0.1) is 11.3 Å². The standard InChI is InChI=1S/C20H21F3N4O2S/c1-10(2)14-7-13(20(21,22)23)15-16(26-29-18(15)25-14)12-5-4-6-27(8-12)19(28)17-11(3)24-9-30-17/h7,9-10,12H,4-6,8H2,1-3H3. The van der Waals surface area contributed by atoms with Gasteiger partial charge in [-0.1, -0.05) is 19.0 Å². The van der Waals surface area contributed by atoms with E-state index in [-0.39, 0.29) is 41.1 Å². The van der Waals surface area contributed by atoms with Crippen molar-refractivity contribution < 1.29 is 22.5 Å². The number of carbonyl (C=O) groups is 1. The molecule has 160 valence electrons. The number of aryl methyl sites for hydroxylation is 1. The van der Waals surface area contributed by atoms with Gasteiger partial charge in [-0.2, -0.15) is 13.2 Å². The predicted octanol–water partition coefficient (Wildman–Crippen LogP) is 5.15. The van der Waals surface area contributed by atoms with Crippen molar-refractivity contribution in [2.24, 2.45) is 0 Å². The van der Waals surface area contributed by atoms with Gasteiger partial charge in [0, 0.05) is 24.7 Å². The Morgan fingerprint density at radius 1 is 1.37 bits per heavy atom. The fourth-order valence-electron chi connectivity index (χ4n) is 3.83. The zero-order chi connectivity index (χ0) is 21.6. The van der Waals surface area contributed by atoms with Gasteiger partial charge in [0.25, 0.3) is 11.6 Å². The van der Waals surface area contributed by atoms with Gasteiger partial charge in [0.15, 0.2) is 0 Å². The maximum Gasteiger partial charge on any atom is 0.417 e. The number of amides is 1. The smallest absolute Gasteiger partial charge is 0.337 e. The number of likely N-dealkylation sites (tertiary alicyclic amines) is 1. The van der Waals surface area contributed by atoms with Gasteiger partial charge in [-0.25, -0.2) is 9.97 Å². The molecule has 1 saturated heterocycles. The topological polar surface area (TPSA) is 72.1 Å². The van der Waals surface area contributed by atoms with Gasteiger partial charge in [0.05, 0.1) is 27.8 Å². The van der Waals surface area contributed by atoms with Crippen LogP contribution in [0.3, 0.4) is 0 Å². The summed E-state index contributed by atoms with van der Waals surface area (Å²) in [6.07, 6.45) is -3.27. The van der Waals surface area contributed by atoms with Crippen LogP contribution in [0.1, 0.15) is 70.8 Å². The molecule has 0 aliphatic carbocycles. The van der Waals surface area contributed by atoms with E-state index in [0.717, 1.165) is 6.07 Å². The molecule has 1 atom stereocenters. The molecule has 0 radical (unpaired) electrons. The van der Waals surface area contributed by atoms with Gasteiger partial charge in [-0.3, -0.25) is 4.79 Å². The molecule has 30 heavy (non-hydrogen) atoms. The minimum atomic E-state index is -4.56. The summed E-state index contributed by atoms with van der Waals surface area (Å²) < 4.78 is 46.8. The Hall–Kier alpha value is -2.49. The lowest BCUT2D eigenvalue weighted by molar-refractivity contribution is -0.136. The number of pyridine rings is 1.